The Bertz CT molecular complexity index is 1110. The van der Waals surface area contributed by atoms with Crippen molar-refractivity contribution in [2.75, 3.05) is 5.32 Å². The minimum Gasteiger partial charge on any atom is -0.348 e. The first-order valence-corrected chi connectivity index (χ1v) is 9.10. The summed E-state index contributed by atoms with van der Waals surface area (Å²) in [4.78, 5) is 17.3. The maximum atomic E-state index is 12.2. The van der Waals surface area contributed by atoms with Crippen LogP contribution in [0.15, 0.2) is 48.1 Å². The van der Waals surface area contributed by atoms with Crippen molar-refractivity contribution < 1.29 is 4.79 Å². The molecule has 0 aliphatic rings. The van der Waals surface area contributed by atoms with E-state index in [-0.39, 0.29) is 5.91 Å². The summed E-state index contributed by atoms with van der Waals surface area (Å²) in [7, 11) is 0. The fraction of sp³-hybridized carbons (Fsp3) is 0.111. The van der Waals surface area contributed by atoms with Crippen LogP contribution >= 0.6 is 22.9 Å². The largest absolute Gasteiger partial charge is 0.348 e. The van der Waals surface area contributed by atoms with Gasteiger partial charge in [0.2, 0.25) is 5.91 Å². The first-order chi connectivity index (χ1) is 12.2. The summed E-state index contributed by atoms with van der Waals surface area (Å²) in [6, 6.07) is 7.93. The molecule has 0 saturated carbocycles. The van der Waals surface area contributed by atoms with Crippen LogP contribution in [0.2, 0.25) is 5.15 Å². The lowest BCUT2D eigenvalue weighted by Crippen LogP contribution is -2.07. The molecule has 5 nitrogen and oxygen atoms in total. The number of rotatable bonds is 4. The van der Waals surface area contributed by atoms with Crippen molar-refractivity contribution in [1.29, 1.82) is 0 Å². The molecule has 4 rings (SSSR count). The van der Waals surface area contributed by atoms with Crippen molar-refractivity contribution in [3.8, 4) is 0 Å². The second-order valence-corrected chi connectivity index (χ2v) is 6.77. The van der Waals surface area contributed by atoms with Gasteiger partial charge in [0.1, 0.15) is 0 Å². The molecule has 0 spiro atoms. The van der Waals surface area contributed by atoms with E-state index in [1.54, 1.807) is 6.08 Å². The minimum absolute atomic E-state index is 0.212. The summed E-state index contributed by atoms with van der Waals surface area (Å²) >= 11 is 7.62. The number of anilines is 1. The van der Waals surface area contributed by atoms with E-state index in [0.29, 0.717) is 10.8 Å². The van der Waals surface area contributed by atoms with E-state index >= 15 is 0 Å². The van der Waals surface area contributed by atoms with E-state index in [1.165, 1.54) is 17.4 Å². The average Bonchev–Trinajstić information content (AvgIpc) is 3.27. The zero-order valence-corrected chi connectivity index (χ0v) is 15.0. The van der Waals surface area contributed by atoms with E-state index in [4.69, 9.17) is 11.6 Å². The molecule has 0 aliphatic carbocycles. The van der Waals surface area contributed by atoms with Gasteiger partial charge in [-0.2, -0.15) is 0 Å². The Morgan fingerprint density at radius 3 is 3.08 bits per heavy atom. The van der Waals surface area contributed by atoms with Crippen LogP contribution in [-0.4, -0.2) is 19.9 Å². The predicted octanol–water partition coefficient (Wildman–Crippen LogP) is 4.68. The molecule has 126 valence electrons. The third-order valence-corrected chi connectivity index (χ3v) is 5.06. The van der Waals surface area contributed by atoms with Crippen LogP contribution in [0.3, 0.4) is 0 Å². The summed E-state index contributed by atoms with van der Waals surface area (Å²) < 4.78 is 4.02. The quantitative estimate of drug-likeness (QED) is 0.530. The molecule has 0 atom stereocenters. The number of carbonyl (C=O) groups excluding carboxylic acids is 1. The molecule has 3 heterocycles. The molecule has 7 heteroatoms. The molecule has 0 aliphatic heterocycles. The number of aromatic nitrogens is 3. The smallest absolute Gasteiger partial charge is 0.248 e. The Morgan fingerprint density at radius 2 is 2.24 bits per heavy atom. The lowest BCUT2D eigenvalue weighted by Gasteiger charge is -2.04. The summed E-state index contributed by atoms with van der Waals surface area (Å²) in [5.41, 5.74) is 2.61. The predicted molar refractivity (Wildman–Crippen MR) is 103 cm³/mol. The van der Waals surface area contributed by atoms with Crippen molar-refractivity contribution >= 4 is 56.5 Å². The Morgan fingerprint density at radius 1 is 1.36 bits per heavy atom. The lowest BCUT2D eigenvalue weighted by atomic mass is 10.2. The highest BCUT2D eigenvalue weighted by atomic mass is 35.5. The Kier molecular flexibility index (Phi) is 4.07. The highest BCUT2D eigenvalue weighted by Crippen LogP contribution is 2.23. The number of amides is 1. The average molecular weight is 371 g/mol. The van der Waals surface area contributed by atoms with Gasteiger partial charge in [-0.25, -0.2) is 4.98 Å². The van der Waals surface area contributed by atoms with Crippen LogP contribution in [0, 0.1) is 0 Å². The number of aryl methyl sites for hydroxylation is 1. The Balaban J connectivity index is 1.54. The third kappa shape index (κ3) is 2.94. The number of thiazole rings is 1. The van der Waals surface area contributed by atoms with Gasteiger partial charge in [-0.3, -0.25) is 9.20 Å². The van der Waals surface area contributed by atoms with E-state index in [2.05, 4.69) is 21.8 Å². The molecular formula is C18H15ClN4OS. The molecule has 1 amide bonds. The SMILES string of the molecule is CCn1ccc2cc(NC(=O)/C=C/c3c(Cl)nc4sccn34)ccc21. The second-order valence-electron chi connectivity index (χ2n) is 5.54. The number of halogens is 1. The maximum Gasteiger partial charge on any atom is 0.248 e. The molecule has 0 bridgehead atoms. The molecule has 1 aromatic carbocycles. The number of hydrogen-bond donors (Lipinski definition) is 1. The van der Waals surface area contributed by atoms with Gasteiger partial charge >= 0.3 is 0 Å². The lowest BCUT2D eigenvalue weighted by molar-refractivity contribution is -0.111. The number of benzene rings is 1. The fourth-order valence-electron chi connectivity index (χ4n) is 2.82. The first-order valence-electron chi connectivity index (χ1n) is 7.84. The van der Waals surface area contributed by atoms with Gasteiger partial charge in [0.25, 0.3) is 0 Å². The highest BCUT2D eigenvalue weighted by Gasteiger charge is 2.09. The normalized spacial score (nSPS) is 11.8. The first kappa shape index (κ1) is 15.9. The van der Waals surface area contributed by atoms with Crippen molar-refractivity contribution in [3.05, 3.63) is 59.0 Å². The molecule has 0 saturated heterocycles. The molecule has 0 unspecified atom stereocenters. The molecular weight excluding hydrogens is 356 g/mol. The van der Waals surface area contributed by atoms with Crippen molar-refractivity contribution in [3.63, 3.8) is 0 Å². The molecule has 25 heavy (non-hydrogen) atoms. The minimum atomic E-state index is -0.212. The summed E-state index contributed by atoms with van der Waals surface area (Å²) in [6.45, 7) is 3.02. The van der Waals surface area contributed by atoms with Gasteiger partial charge in [-0.15, -0.1) is 11.3 Å². The van der Waals surface area contributed by atoms with Gasteiger partial charge in [-0.05, 0) is 37.3 Å². The van der Waals surface area contributed by atoms with Crippen LogP contribution in [-0.2, 0) is 11.3 Å². The summed E-state index contributed by atoms with van der Waals surface area (Å²) in [5, 5.41) is 6.29. The van der Waals surface area contributed by atoms with Crippen LogP contribution < -0.4 is 5.32 Å². The standard InChI is InChI=1S/C18H15ClN4OS/c1-2-22-8-7-12-11-13(3-4-14(12)22)20-16(24)6-5-15-17(19)21-18-23(15)9-10-25-18/h3-11H,2H2,1H3,(H,20,24)/b6-5+. The monoisotopic (exact) mass is 370 g/mol. The number of nitrogens with one attached hydrogen (secondary N) is 1. The zero-order valence-electron chi connectivity index (χ0n) is 13.4. The zero-order chi connectivity index (χ0) is 17.4. The van der Waals surface area contributed by atoms with E-state index in [1.807, 2.05) is 46.4 Å². The number of hydrogen-bond acceptors (Lipinski definition) is 3. The van der Waals surface area contributed by atoms with Gasteiger partial charge in [-0.1, -0.05) is 11.6 Å². The Hall–Kier alpha value is -2.57. The van der Waals surface area contributed by atoms with Gasteiger partial charge in [0, 0.05) is 47.0 Å². The molecule has 0 fully saturated rings. The fourth-order valence-corrected chi connectivity index (χ4v) is 3.82. The molecule has 1 N–H and O–H groups in total. The maximum absolute atomic E-state index is 12.2. The van der Waals surface area contributed by atoms with Crippen molar-refractivity contribution in [2.24, 2.45) is 0 Å². The number of nitrogens with zero attached hydrogens (tertiary/aromatic N) is 3. The van der Waals surface area contributed by atoms with Crippen LogP contribution in [0.5, 0.6) is 0 Å². The number of fused-ring (bicyclic) bond motifs is 2. The molecule has 3 aromatic heterocycles. The van der Waals surface area contributed by atoms with Crippen LogP contribution in [0.25, 0.3) is 21.9 Å². The topological polar surface area (TPSA) is 51.3 Å². The summed E-state index contributed by atoms with van der Waals surface area (Å²) in [6.07, 6.45) is 7.07. The van der Waals surface area contributed by atoms with Crippen LogP contribution in [0.1, 0.15) is 12.6 Å². The van der Waals surface area contributed by atoms with Crippen molar-refractivity contribution in [2.45, 2.75) is 13.5 Å². The van der Waals surface area contributed by atoms with Crippen LogP contribution in [0.4, 0.5) is 5.69 Å². The number of carbonyl (C=O) groups is 1. The molecule has 0 radical (unpaired) electrons. The molecule has 4 aromatic rings. The number of imidazole rings is 1. The Labute approximate surface area is 153 Å². The van der Waals surface area contributed by atoms with E-state index in [0.717, 1.165) is 28.1 Å². The van der Waals surface area contributed by atoms with E-state index in [9.17, 15) is 4.79 Å². The van der Waals surface area contributed by atoms with Gasteiger partial charge in [0.05, 0.1) is 5.69 Å². The second kappa shape index (κ2) is 6.38. The van der Waals surface area contributed by atoms with E-state index < -0.39 is 0 Å². The van der Waals surface area contributed by atoms with Gasteiger partial charge in [0.15, 0.2) is 10.1 Å². The summed E-state index contributed by atoms with van der Waals surface area (Å²) in [5.74, 6) is -0.212. The third-order valence-electron chi connectivity index (χ3n) is 4.03. The van der Waals surface area contributed by atoms with Gasteiger partial charge < -0.3 is 9.88 Å². The highest BCUT2D eigenvalue weighted by molar-refractivity contribution is 7.15. The van der Waals surface area contributed by atoms with Crippen molar-refractivity contribution in [1.82, 2.24) is 14.0 Å².